The summed E-state index contributed by atoms with van der Waals surface area (Å²) < 4.78 is 19.0. The van der Waals surface area contributed by atoms with Crippen molar-refractivity contribution in [2.45, 2.75) is 25.2 Å². The van der Waals surface area contributed by atoms with E-state index in [4.69, 9.17) is 4.74 Å². The predicted octanol–water partition coefficient (Wildman–Crippen LogP) is 2.45. The molecule has 2 bridgehead atoms. The van der Waals surface area contributed by atoms with Gasteiger partial charge in [0.25, 0.3) is 0 Å². The largest absolute Gasteiger partial charge is 0.371 e. The lowest BCUT2D eigenvalue weighted by molar-refractivity contribution is -0.123. The number of hydrogen-bond donors (Lipinski definition) is 1. The molecule has 4 rings (SSSR count). The summed E-state index contributed by atoms with van der Waals surface area (Å²) >= 11 is 0. The highest BCUT2D eigenvalue weighted by atomic mass is 19.1. The molecule has 2 saturated heterocycles. The van der Waals surface area contributed by atoms with Gasteiger partial charge in [-0.25, -0.2) is 4.39 Å². The van der Waals surface area contributed by atoms with E-state index >= 15 is 0 Å². The van der Waals surface area contributed by atoms with Crippen LogP contribution >= 0.6 is 0 Å². The third kappa shape index (κ3) is 3.70. The summed E-state index contributed by atoms with van der Waals surface area (Å²) in [6.45, 7) is 2.25. The number of morpholine rings is 1. The van der Waals surface area contributed by atoms with E-state index in [1.807, 2.05) is 6.07 Å². The summed E-state index contributed by atoms with van der Waals surface area (Å²) in [6, 6.07) is 10.2. The van der Waals surface area contributed by atoms with E-state index in [9.17, 15) is 9.18 Å². The number of pyridine rings is 1. The van der Waals surface area contributed by atoms with Crippen LogP contribution in [0.4, 0.5) is 10.1 Å². The Labute approximate surface area is 145 Å². The zero-order valence-corrected chi connectivity index (χ0v) is 13.8. The van der Waals surface area contributed by atoms with Crippen molar-refractivity contribution in [1.82, 2.24) is 9.88 Å². The molecule has 1 aromatic heterocycles. The molecule has 1 N–H and O–H groups in total. The van der Waals surface area contributed by atoms with Crippen molar-refractivity contribution in [2.75, 3.05) is 18.4 Å². The third-order valence-corrected chi connectivity index (χ3v) is 4.82. The number of aromatic nitrogens is 1. The molecule has 0 saturated carbocycles. The molecule has 2 aliphatic rings. The van der Waals surface area contributed by atoms with Crippen LogP contribution < -0.4 is 5.32 Å². The predicted molar refractivity (Wildman–Crippen MR) is 91.3 cm³/mol. The summed E-state index contributed by atoms with van der Waals surface area (Å²) in [5.41, 5.74) is 1.77. The molecule has 3 heterocycles. The van der Waals surface area contributed by atoms with Gasteiger partial charge in [0.05, 0.1) is 30.0 Å². The number of carbonyl (C=O) groups is 1. The second-order valence-electron chi connectivity index (χ2n) is 6.69. The number of fused-ring (bicyclic) bond motifs is 2. The Kier molecular flexibility index (Phi) is 4.46. The van der Waals surface area contributed by atoms with Gasteiger partial charge in [-0.2, -0.15) is 0 Å². The molecular formula is C19H20FN3O2. The van der Waals surface area contributed by atoms with Crippen molar-refractivity contribution >= 4 is 11.6 Å². The fourth-order valence-corrected chi connectivity index (χ4v) is 3.66. The molecule has 0 radical (unpaired) electrons. The molecule has 1 amide bonds. The van der Waals surface area contributed by atoms with E-state index in [1.54, 1.807) is 30.6 Å². The maximum Gasteiger partial charge on any atom is 0.230 e. The lowest BCUT2D eigenvalue weighted by Crippen LogP contribution is -2.44. The van der Waals surface area contributed by atoms with Crippen molar-refractivity contribution in [3.8, 4) is 0 Å². The molecule has 0 spiro atoms. The van der Waals surface area contributed by atoms with E-state index in [1.165, 1.54) is 12.1 Å². The Morgan fingerprint density at radius 1 is 1.28 bits per heavy atom. The normalized spacial score (nSPS) is 25.7. The molecule has 2 aliphatic heterocycles. The number of amides is 1. The summed E-state index contributed by atoms with van der Waals surface area (Å²) in [4.78, 5) is 18.9. The zero-order valence-electron chi connectivity index (χ0n) is 13.8. The number of benzene rings is 1. The number of carbonyl (C=O) groups excluding carboxylic acids is 1. The van der Waals surface area contributed by atoms with Gasteiger partial charge in [0.2, 0.25) is 5.91 Å². The minimum Gasteiger partial charge on any atom is -0.371 e. The fourth-order valence-electron chi connectivity index (χ4n) is 3.66. The highest BCUT2D eigenvalue weighted by Crippen LogP contribution is 2.33. The van der Waals surface area contributed by atoms with Crippen LogP contribution in [0.5, 0.6) is 0 Å². The number of halogens is 1. The van der Waals surface area contributed by atoms with Gasteiger partial charge < -0.3 is 10.1 Å². The van der Waals surface area contributed by atoms with Crippen LogP contribution in [0.2, 0.25) is 0 Å². The van der Waals surface area contributed by atoms with Crippen LogP contribution in [-0.4, -0.2) is 41.1 Å². The average Bonchev–Trinajstić information content (AvgIpc) is 2.92. The number of anilines is 1. The lowest BCUT2D eigenvalue weighted by Gasteiger charge is -2.32. The van der Waals surface area contributed by atoms with Gasteiger partial charge in [0.1, 0.15) is 5.82 Å². The molecule has 5 nitrogen and oxygen atoms in total. The Hall–Kier alpha value is -2.31. The molecule has 2 aromatic rings. The number of nitrogens with one attached hydrogen (secondary N) is 1. The Bertz CT molecular complexity index is 738. The van der Waals surface area contributed by atoms with E-state index in [0.29, 0.717) is 12.2 Å². The van der Waals surface area contributed by atoms with E-state index < -0.39 is 0 Å². The van der Waals surface area contributed by atoms with Crippen LogP contribution in [0, 0.1) is 11.7 Å². The molecule has 0 aliphatic carbocycles. The fraction of sp³-hybridized carbons (Fsp3) is 0.368. The van der Waals surface area contributed by atoms with Crippen molar-refractivity contribution in [2.24, 2.45) is 5.92 Å². The molecule has 1 aromatic carbocycles. The summed E-state index contributed by atoms with van der Waals surface area (Å²) in [6.07, 6.45) is 4.02. The van der Waals surface area contributed by atoms with Crippen LogP contribution in [0.15, 0.2) is 48.8 Å². The van der Waals surface area contributed by atoms with E-state index in [2.05, 4.69) is 15.2 Å². The van der Waals surface area contributed by atoms with Gasteiger partial charge in [-0.15, -0.1) is 0 Å². The van der Waals surface area contributed by atoms with Crippen molar-refractivity contribution in [3.63, 3.8) is 0 Å². The van der Waals surface area contributed by atoms with Crippen molar-refractivity contribution < 1.29 is 13.9 Å². The number of likely N-dealkylation sites (tertiary alicyclic amines) is 1. The second kappa shape index (κ2) is 6.90. The smallest absolute Gasteiger partial charge is 0.230 e. The SMILES string of the molecule is O=C(Nc1cccnc1)[C@H]1C[C@H]2CN(Cc3ccc(F)cc3)C[C@@H]1O2. The first-order valence-electron chi connectivity index (χ1n) is 8.50. The maximum absolute atomic E-state index is 13.0. The van der Waals surface area contributed by atoms with Crippen LogP contribution in [0.1, 0.15) is 12.0 Å². The summed E-state index contributed by atoms with van der Waals surface area (Å²) in [7, 11) is 0. The number of hydrogen-bond acceptors (Lipinski definition) is 4. The quantitative estimate of drug-likeness (QED) is 0.928. The molecule has 3 atom stereocenters. The van der Waals surface area contributed by atoms with E-state index in [-0.39, 0.29) is 29.9 Å². The second-order valence-corrected chi connectivity index (χ2v) is 6.69. The Morgan fingerprint density at radius 2 is 2.12 bits per heavy atom. The number of rotatable bonds is 4. The van der Waals surface area contributed by atoms with Crippen LogP contribution in [0.25, 0.3) is 0 Å². The van der Waals surface area contributed by atoms with Crippen molar-refractivity contribution in [1.29, 1.82) is 0 Å². The van der Waals surface area contributed by atoms with Gasteiger partial charge in [0, 0.05) is 25.8 Å². The standard InChI is InChI=1S/C19H20FN3O2/c20-14-5-3-13(4-6-14)10-23-11-16-8-17(18(12-23)25-16)19(24)22-15-2-1-7-21-9-15/h1-7,9,16-18H,8,10-12H2,(H,22,24)/t16-,17-,18-/m0/s1. The van der Waals surface area contributed by atoms with Crippen LogP contribution in [-0.2, 0) is 16.1 Å². The molecule has 130 valence electrons. The summed E-state index contributed by atoms with van der Waals surface area (Å²) in [5, 5.41) is 2.93. The topological polar surface area (TPSA) is 54.5 Å². The molecular weight excluding hydrogens is 321 g/mol. The first-order valence-corrected chi connectivity index (χ1v) is 8.50. The van der Waals surface area contributed by atoms with E-state index in [0.717, 1.165) is 25.1 Å². The van der Waals surface area contributed by atoms with Gasteiger partial charge in [-0.1, -0.05) is 12.1 Å². The first-order chi connectivity index (χ1) is 12.2. The number of nitrogens with zero attached hydrogens (tertiary/aromatic N) is 2. The Morgan fingerprint density at radius 3 is 2.88 bits per heavy atom. The van der Waals surface area contributed by atoms with Crippen molar-refractivity contribution in [3.05, 3.63) is 60.2 Å². The highest BCUT2D eigenvalue weighted by Gasteiger charge is 2.44. The van der Waals surface area contributed by atoms with Gasteiger partial charge >= 0.3 is 0 Å². The molecule has 2 fully saturated rings. The number of ether oxygens (including phenoxy) is 1. The highest BCUT2D eigenvalue weighted by molar-refractivity contribution is 5.93. The van der Waals surface area contributed by atoms with Crippen LogP contribution in [0.3, 0.4) is 0 Å². The minimum absolute atomic E-state index is 0.0101. The lowest BCUT2D eigenvalue weighted by atomic mass is 9.99. The van der Waals surface area contributed by atoms with Gasteiger partial charge in [-0.3, -0.25) is 14.7 Å². The monoisotopic (exact) mass is 341 g/mol. The maximum atomic E-state index is 13.0. The van der Waals surface area contributed by atoms with Gasteiger partial charge in [-0.05, 0) is 36.2 Å². The third-order valence-electron chi connectivity index (χ3n) is 4.82. The molecule has 25 heavy (non-hydrogen) atoms. The zero-order chi connectivity index (χ0) is 17.2. The molecule has 6 heteroatoms. The average molecular weight is 341 g/mol. The summed E-state index contributed by atoms with van der Waals surface area (Å²) in [5.74, 6) is -0.384. The minimum atomic E-state index is -0.224. The molecule has 0 unspecified atom stereocenters. The first kappa shape index (κ1) is 16.2. The van der Waals surface area contributed by atoms with Gasteiger partial charge in [0.15, 0.2) is 0 Å². The Balaban J connectivity index is 1.38.